The summed E-state index contributed by atoms with van der Waals surface area (Å²) in [7, 11) is 3.77. The van der Waals surface area contributed by atoms with Gasteiger partial charge in [0.2, 0.25) is 0 Å². The normalized spacial score (nSPS) is 15.7. The maximum atomic E-state index is 8.95. The van der Waals surface area contributed by atoms with Gasteiger partial charge in [0.25, 0.3) is 0 Å². The van der Waals surface area contributed by atoms with Gasteiger partial charge in [-0.2, -0.15) is 0 Å². The smallest absolute Gasteiger partial charge is 0.393 e. The molecule has 1 aliphatic rings. The summed E-state index contributed by atoms with van der Waals surface area (Å²) < 4.78 is 86.3. The molecule has 7 aromatic rings. The van der Waals surface area contributed by atoms with E-state index < -0.39 is 67.4 Å². The first-order valence-electron chi connectivity index (χ1n) is 21.3. The third kappa shape index (κ3) is 5.48. The SMILES string of the molecule is [2H]c1c([2H])c([2H])c(-c2cccc(-c3c([2H])c([2H])c([2H])c([2H])c3[2H])c2B2N(C)c3ccc(-c4ccnc(-c5cc(C(C)(C)C)c6ccccc6c5)c4)cc3N2C)c([2H])c1[2H]. The van der Waals surface area contributed by atoms with Crippen LogP contribution in [0.15, 0.2) is 152 Å². The lowest BCUT2D eigenvalue weighted by atomic mass is 9.60. The minimum Gasteiger partial charge on any atom is -0.393 e. The van der Waals surface area contributed by atoms with Crippen molar-refractivity contribution in [2.24, 2.45) is 0 Å². The largest absolute Gasteiger partial charge is 0.412 e. The van der Waals surface area contributed by atoms with Crippen LogP contribution in [-0.4, -0.2) is 26.1 Å². The number of pyridine rings is 1. The third-order valence-electron chi connectivity index (χ3n) is 9.43. The first kappa shape index (κ1) is 21.4. The molecular formula is C45H40BN3. The molecule has 0 atom stereocenters. The van der Waals surface area contributed by atoms with Crippen molar-refractivity contribution in [1.29, 1.82) is 0 Å². The van der Waals surface area contributed by atoms with Crippen molar-refractivity contribution in [1.82, 2.24) is 4.98 Å². The van der Waals surface area contributed by atoms with E-state index in [1.54, 1.807) is 18.2 Å². The molecular weight excluding hydrogens is 593 g/mol. The minimum absolute atomic E-state index is 0.0497. The molecule has 0 saturated heterocycles. The van der Waals surface area contributed by atoms with Gasteiger partial charge in [-0.25, -0.2) is 0 Å². The summed E-state index contributed by atoms with van der Waals surface area (Å²) in [4.78, 5) is 8.80. The van der Waals surface area contributed by atoms with Gasteiger partial charge in [0.15, 0.2) is 0 Å². The summed E-state index contributed by atoms with van der Waals surface area (Å²) >= 11 is 0. The van der Waals surface area contributed by atoms with Gasteiger partial charge >= 0.3 is 6.98 Å². The monoisotopic (exact) mass is 643 g/mol. The molecule has 1 aromatic heterocycles. The van der Waals surface area contributed by atoms with Crippen LogP contribution in [0.4, 0.5) is 11.4 Å². The van der Waals surface area contributed by atoms with Crippen molar-refractivity contribution >= 4 is 34.6 Å². The number of nitrogens with zero attached hydrogens (tertiary/aromatic N) is 3. The maximum absolute atomic E-state index is 8.95. The maximum Gasteiger partial charge on any atom is 0.412 e. The van der Waals surface area contributed by atoms with Crippen LogP contribution in [0.5, 0.6) is 0 Å². The van der Waals surface area contributed by atoms with E-state index in [-0.39, 0.29) is 27.7 Å². The van der Waals surface area contributed by atoms with E-state index in [0.29, 0.717) is 5.46 Å². The molecule has 0 saturated carbocycles. The Hall–Kier alpha value is -5.61. The second-order valence-corrected chi connectivity index (χ2v) is 13.5. The van der Waals surface area contributed by atoms with Gasteiger partial charge in [0.05, 0.1) is 19.4 Å². The molecule has 0 spiro atoms. The second-order valence-electron chi connectivity index (χ2n) is 13.5. The quantitative estimate of drug-likeness (QED) is 0.174. The Balaban J connectivity index is 1.30. The van der Waals surface area contributed by atoms with E-state index in [1.165, 1.54) is 10.9 Å². The van der Waals surface area contributed by atoms with E-state index in [1.807, 2.05) is 54.2 Å². The molecule has 6 aromatic carbocycles. The summed E-state index contributed by atoms with van der Waals surface area (Å²) in [5, 5.41) is 2.35. The Bertz CT molecular complexity index is 2750. The van der Waals surface area contributed by atoms with Crippen molar-refractivity contribution in [2.75, 3.05) is 23.7 Å². The number of fused-ring (bicyclic) bond motifs is 2. The summed E-state index contributed by atoms with van der Waals surface area (Å²) in [6, 6.07) is 23.2. The van der Waals surface area contributed by atoms with Crippen LogP contribution in [0.2, 0.25) is 0 Å². The molecule has 0 amide bonds. The van der Waals surface area contributed by atoms with Crippen LogP contribution < -0.4 is 15.1 Å². The lowest BCUT2D eigenvalue weighted by molar-refractivity contribution is 0.596. The molecule has 4 heteroatoms. The standard InChI is InChI=1S/C45H40BN3/c1-45(2,3)40-28-36(27-35-19-12-13-20-37(35)40)41-29-34(25-26-47-41)33-23-24-42-43(30-33)49(5)46(48(42)4)44-38(31-15-8-6-9-16-31)21-14-22-39(44)32-17-10-7-11-18-32/h6-30H,1-5H3/i6D,7D,8D,9D,10D,11D,15D,16D,17D,18D. The third-order valence-corrected chi connectivity index (χ3v) is 9.43. The highest BCUT2D eigenvalue weighted by molar-refractivity contribution is 6.84. The molecule has 2 heterocycles. The van der Waals surface area contributed by atoms with Crippen LogP contribution in [0.25, 0.3) is 55.4 Å². The average molecular weight is 644 g/mol. The van der Waals surface area contributed by atoms with Gasteiger partial charge in [-0.3, -0.25) is 4.98 Å². The summed E-state index contributed by atoms with van der Waals surface area (Å²) in [5.74, 6) is 0. The summed E-state index contributed by atoms with van der Waals surface area (Å²) in [6.45, 7) is 5.93. The van der Waals surface area contributed by atoms with E-state index in [0.717, 1.165) is 39.1 Å². The molecule has 0 radical (unpaired) electrons. The fourth-order valence-corrected chi connectivity index (χ4v) is 7.09. The van der Waals surface area contributed by atoms with Crippen LogP contribution in [-0.2, 0) is 5.41 Å². The van der Waals surface area contributed by atoms with Crippen LogP contribution >= 0.6 is 0 Å². The van der Waals surface area contributed by atoms with Crippen LogP contribution in [0, 0.1) is 0 Å². The number of aromatic nitrogens is 1. The van der Waals surface area contributed by atoms with Crippen molar-refractivity contribution in [3.05, 3.63) is 157 Å². The molecule has 8 rings (SSSR count). The molecule has 0 N–H and O–H groups in total. The molecule has 0 bridgehead atoms. The molecule has 0 aliphatic carbocycles. The second kappa shape index (κ2) is 12.1. The highest BCUT2D eigenvalue weighted by Gasteiger charge is 2.41. The van der Waals surface area contributed by atoms with Crippen molar-refractivity contribution < 1.29 is 13.7 Å². The van der Waals surface area contributed by atoms with Crippen LogP contribution in [0.1, 0.15) is 40.0 Å². The van der Waals surface area contributed by atoms with Crippen LogP contribution in [0.3, 0.4) is 0 Å². The van der Waals surface area contributed by atoms with E-state index in [9.17, 15) is 0 Å². The Morgan fingerprint density at radius 3 is 1.90 bits per heavy atom. The molecule has 3 nitrogen and oxygen atoms in total. The first-order valence-corrected chi connectivity index (χ1v) is 16.3. The van der Waals surface area contributed by atoms with E-state index in [2.05, 4.69) is 63.2 Å². The number of anilines is 2. The molecule has 1 aliphatic heterocycles. The Morgan fingerprint density at radius 1 is 0.592 bits per heavy atom. The minimum atomic E-state index is -0.705. The highest BCUT2D eigenvalue weighted by atomic mass is 15.3. The zero-order valence-electron chi connectivity index (χ0n) is 38.1. The lowest BCUT2D eigenvalue weighted by Gasteiger charge is -2.28. The van der Waals surface area contributed by atoms with Gasteiger partial charge in [-0.15, -0.1) is 0 Å². The molecule has 49 heavy (non-hydrogen) atoms. The Labute approximate surface area is 304 Å². The Morgan fingerprint density at radius 2 is 1.22 bits per heavy atom. The number of rotatable bonds is 5. The molecule has 0 fully saturated rings. The van der Waals surface area contributed by atoms with Gasteiger partial charge in [-0.05, 0) is 111 Å². The number of hydrogen-bond acceptors (Lipinski definition) is 3. The fourth-order valence-electron chi connectivity index (χ4n) is 7.09. The zero-order chi connectivity index (χ0) is 42.4. The predicted molar refractivity (Wildman–Crippen MR) is 211 cm³/mol. The number of benzene rings is 6. The number of hydrogen-bond donors (Lipinski definition) is 0. The van der Waals surface area contributed by atoms with Crippen molar-refractivity contribution in [2.45, 2.75) is 26.2 Å². The fraction of sp³-hybridized carbons (Fsp3) is 0.133. The Kier molecular flexibility index (Phi) is 5.29. The van der Waals surface area contributed by atoms with Gasteiger partial charge < -0.3 is 9.62 Å². The topological polar surface area (TPSA) is 19.4 Å². The van der Waals surface area contributed by atoms with Gasteiger partial charge in [0, 0.05) is 23.1 Å². The summed E-state index contributed by atoms with van der Waals surface area (Å²) in [6.07, 6.45) is 1.81. The molecule has 0 unspecified atom stereocenters. The first-order chi connectivity index (χ1) is 27.9. The van der Waals surface area contributed by atoms with Gasteiger partial charge in [0.1, 0.15) is 0 Å². The average Bonchev–Trinajstić information content (AvgIpc) is 3.47. The van der Waals surface area contributed by atoms with E-state index >= 15 is 0 Å². The highest BCUT2D eigenvalue weighted by Crippen LogP contribution is 2.42. The van der Waals surface area contributed by atoms with Crippen molar-refractivity contribution in [3.8, 4) is 44.6 Å². The van der Waals surface area contributed by atoms with Crippen molar-refractivity contribution in [3.63, 3.8) is 0 Å². The molecule has 238 valence electrons. The summed E-state index contributed by atoms with van der Waals surface area (Å²) in [5.41, 5.74) is 7.41. The van der Waals surface area contributed by atoms with Gasteiger partial charge in [-0.1, -0.05) is 130 Å². The zero-order valence-corrected chi connectivity index (χ0v) is 28.1. The lowest BCUT2D eigenvalue weighted by Crippen LogP contribution is -2.55. The van der Waals surface area contributed by atoms with E-state index in [4.69, 9.17) is 18.7 Å². The predicted octanol–water partition coefficient (Wildman–Crippen LogP) is 10.5.